The Morgan fingerprint density at radius 1 is 1.31 bits per heavy atom. The van der Waals surface area contributed by atoms with E-state index in [4.69, 9.17) is 4.74 Å². The fraction of sp³-hybridized carbons (Fsp3) is 0.526. The van der Waals surface area contributed by atoms with Crippen LogP contribution in [0.4, 0.5) is 16.2 Å². The first kappa shape index (κ1) is 16.9. The third-order valence-electron chi connectivity index (χ3n) is 5.30. The maximum Gasteiger partial charge on any atom is 0.415 e. The van der Waals surface area contributed by atoms with Crippen molar-refractivity contribution < 1.29 is 19.1 Å². The molecule has 1 saturated carbocycles. The summed E-state index contributed by atoms with van der Waals surface area (Å²) in [5.74, 6) is 0.315. The van der Waals surface area contributed by atoms with E-state index in [-0.39, 0.29) is 30.4 Å². The average Bonchev–Trinajstić information content (AvgIpc) is 2.99. The van der Waals surface area contributed by atoms with Crippen LogP contribution in [0, 0.1) is 5.92 Å². The summed E-state index contributed by atoms with van der Waals surface area (Å²) in [5.41, 5.74) is 2.44. The van der Waals surface area contributed by atoms with Crippen LogP contribution in [-0.4, -0.2) is 42.6 Å². The predicted octanol–water partition coefficient (Wildman–Crippen LogP) is 1.83. The van der Waals surface area contributed by atoms with Crippen LogP contribution >= 0.6 is 0 Å². The van der Waals surface area contributed by atoms with E-state index >= 15 is 0 Å². The third-order valence-corrected chi connectivity index (χ3v) is 5.30. The Hall–Kier alpha value is -2.57. The lowest BCUT2D eigenvalue weighted by Gasteiger charge is -2.22. The molecule has 2 fully saturated rings. The second kappa shape index (κ2) is 6.00. The minimum absolute atomic E-state index is 0.0620. The zero-order valence-electron chi connectivity index (χ0n) is 15.2. The largest absolute Gasteiger partial charge is 0.434 e. The number of carbonyl (C=O) groups is 3. The minimum Gasteiger partial charge on any atom is -0.434 e. The van der Waals surface area contributed by atoms with Crippen molar-refractivity contribution in [2.45, 2.75) is 51.8 Å². The normalized spacial score (nSPS) is 27.0. The summed E-state index contributed by atoms with van der Waals surface area (Å²) in [5, 5.41) is 2.91. The molecule has 2 aliphatic heterocycles. The number of anilines is 2. The van der Waals surface area contributed by atoms with Gasteiger partial charge < -0.3 is 15.0 Å². The average molecular weight is 357 g/mol. The number of hydrogen-bond acceptors (Lipinski definition) is 4. The molecule has 3 atom stereocenters. The van der Waals surface area contributed by atoms with Gasteiger partial charge in [0.05, 0.1) is 13.0 Å². The van der Waals surface area contributed by atoms with Crippen LogP contribution in [0.2, 0.25) is 0 Å². The lowest BCUT2D eigenvalue weighted by atomic mass is 10.1. The smallest absolute Gasteiger partial charge is 0.415 e. The molecule has 7 nitrogen and oxygen atoms in total. The summed E-state index contributed by atoms with van der Waals surface area (Å²) in [6.07, 6.45) is -0.0222. The molecule has 1 aromatic rings. The molecule has 0 bridgehead atoms. The zero-order chi connectivity index (χ0) is 18.6. The van der Waals surface area contributed by atoms with Gasteiger partial charge in [-0.25, -0.2) is 4.79 Å². The van der Waals surface area contributed by atoms with Crippen molar-refractivity contribution in [2.24, 2.45) is 5.92 Å². The second-order valence-corrected chi connectivity index (χ2v) is 7.66. The fourth-order valence-corrected chi connectivity index (χ4v) is 3.67. The molecule has 0 aromatic heterocycles. The quantitative estimate of drug-likeness (QED) is 0.892. The summed E-state index contributed by atoms with van der Waals surface area (Å²) < 4.78 is 5.25. The molecule has 2 heterocycles. The van der Waals surface area contributed by atoms with E-state index in [2.05, 4.69) is 12.2 Å². The highest BCUT2D eigenvalue weighted by Gasteiger charge is 2.41. The minimum atomic E-state index is -0.794. The van der Waals surface area contributed by atoms with E-state index in [0.29, 0.717) is 18.0 Å². The number of ether oxygens (including phenoxy) is 1. The highest BCUT2D eigenvalue weighted by Crippen LogP contribution is 2.35. The molecular formula is C19H23N3O4. The van der Waals surface area contributed by atoms with Gasteiger partial charge in [-0.2, -0.15) is 0 Å². The number of cyclic esters (lactones) is 1. The summed E-state index contributed by atoms with van der Waals surface area (Å²) in [6, 6.07) is 5.80. The Balaban J connectivity index is 1.50. The van der Waals surface area contributed by atoms with Gasteiger partial charge in [0.2, 0.25) is 5.91 Å². The SMILES string of the molecule is CC(C)N1C(=O)Cc2cc(N3C[C@@H](C(=O)NC4C[C@@H]4C)OC3=O)ccc21. The van der Waals surface area contributed by atoms with E-state index in [1.54, 1.807) is 11.0 Å². The predicted molar refractivity (Wildman–Crippen MR) is 96.1 cm³/mol. The highest BCUT2D eigenvalue weighted by molar-refractivity contribution is 6.03. The van der Waals surface area contributed by atoms with Crippen LogP contribution in [0.5, 0.6) is 0 Å². The van der Waals surface area contributed by atoms with E-state index < -0.39 is 12.2 Å². The topological polar surface area (TPSA) is 79.0 Å². The molecule has 26 heavy (non-hydrogen) atoms. The van der Waals surface area contributed by atoms with Crippen LogP contribution < -0.4 is 15.1 Å². The van der Waals surface area contributed by atoms with Crippen molar-refractivity contribution in [3.8, 4) is 0 Å². The maximum atomic E-state index is 12.2. The van der Waals surface area contributed by atoms with Crippen molar-refractivity contribution in [3.05, 3.63) is 23.8 Å². The van der Waals surface area contributed by atoms with Crippen molar-refractivity contribution in [2.75, 3.05) is 16.3 Å². The molecule has 3 aliphatic rings. The molecular weight excluding hydrogens is 334 g/mol. The standard InChI is InChI=1S/C19H23N3O4/c1-10(2)22-15-5-4-13(7-12(15)8-17(22)23)21-9-16(26-19(21)25)18(24)20-14-6-11(14)3/h4-5,7,10-11,14,16H,6,8-9H2,1-3H3,(H,20,24)/t11-,14?,16-/m0/s1. The summed E-state index contributed by atoms with van der Waals surface area (Å²) in [6.45, 7) is 6.21. The van der Waals surface area contributed by atoms with E-state index in [0.717, 1.165) is 17.7 Å². The zero-order valence-corrected chi connectivity index (χ0v) is 15.2. The maximum absolute atomic E-state index is 12.2. The first-order valence-electron chi connectivity index (χ1n) is 9.08. The van der Waals surface area contributed by atoms with Gasteiger partial charge in [-0.3, -0.25) is 14.5 Å². The molecule has 1 saturated heterocycles. The van der Waals surface area contributed by atoms with Crippen molar-refractivity contribution in [3.63, 3.8) is 0 Å². The molecule has 1 aromatic carbocycles. The van der Waals surface area contributed by atoms with Crippen LogP contribution in [-0.2, 0) is 20.7 Å². The lowest BCUT2D eigenvalue weighted by molar-refractivity contribution is -0.127. The van der Waals surface area contributed by atoms with E-state index in [1.165, 1.54) is 4.90 Å². The van der Waals surface area contributed by atoms with E-state index in [1.807, 2.05) is 26.0 Å². The molecule has 138 valence electrons. The Labute approximate surface area is 152 Å². The summed E-state index contributed by atoms with van der Waals surface area (Å²) in [7, 11) is 0. The van der Waals surface area contributed by atoms with Crippen LogP contribution in [0.3, 0.4) is 0 Å². The number of fused-ring (bicyclic) bond motifs is 1. The van der Waals surface area contributed by atoms with Gasteiger partial charge in [-0.15, -0.1) is 0 Å². The van der Waals surface area contributed by atoms with Crippen molar-refractivity contribution in [1.82, 2.24) is 5.32 Å². The molecule has 7 heteroatoms. The summed E-state index contributed by atoms with van der Waals surface area (Å²) >= 11 is 0. The van der Waals surface area contributed by atoms with Gasteiger partial charge >= 0.3 is 6.09 Å². The Morgan fingerprint density at radius 2 is 2.04 bits per heavy atom. The number of nitrogens with one attached hydrogen (secondary N) is 1. The Bertz CT molecular complexity index is 791. The number of carbonyl (C=O) groups excluding carboxylic acids is 3. The highest BCUT2D eigenvalue weighted by atomic mass is 16.6. The number of amides is 3. The Morgan fingerprint density at radius 3 is 2.69 bits per heavy atom. The molecule has 1 unspecified atom stereocenters. The number of benzene rings is 1. The summed E-state index contributed by atoms with van der Waals surface area (Å²) in [4.78, 5) is 39.9. The second-order valence-electron chi connectivity index (χ2n) is 7.66. The Kier molecular flexibility index (Phi) is 3.89. The molecule has 0 spiro atoms. The fourth-order valence-electron chi connectivity index (χ4n) is 3.67. The van der Waals surface area contributed by atoms with Gasteiger partial charge in [-0.05, 0) is 49.9 Å². The third kappa shape index (κ3) is 2.81. The van der Waals surface area contributed by atoms with Crippen LogP contribution in [0.15, 0.2) is 18.2 Å². The van der Waals surface area contributed by atoms with Crippen molar-refractivity contribution >= 4 is 29.3 Å². The van der Waals surface area contributed by atoms with Crippen LogP contribution in [0.25, 0.3) is 0 Å². The van der Waals surface area contributed by atoms with Gasteiger partial charge in [0.15, 0.2) is 6.10 Å². The molecule has 1 aliphatic carbocycles. The molecule has 4 rings (SSSR count). The van der Waals surface area contributed by atoms with E-state index in [9.17, 15) is 14.4 Å². The van der Waals surface area contributed by atoms with Crippen LogP contribution in [0.1, 0.15) is 32.8 Å². The first-order chi connectivity index (χ1) is 12.3. The first-order valence-corrected chi connectivity index (χ1v) is 9.08. The van der Waals surface area contributed by atoms with Gasteiger partial charge in [-0.1, -0.05) is 6.92 Å². The van der Waals surface area contributed by atoms with Gasteiger partial charge in [0.1, 0.15) is 0 Å². The van der Waals surface area contributed by atoms with Gasteiger partial charge in [0.25, 0.3) is 5.91 Å². The van der Waals surface area contributed by atoms with Gasteiger partial charge in [0, 0.05) is 23.5 Å². The number of rotatable bonds is 4. The molecule has 1 N–H and O–H groups in total. The number of hydrogen-bond donors (Lipinski definition) is 1. The number of nitrogens with zero attached hydrogens (tertiary/aromatic N) is 2. The monoisotopic (exact) mass is 357 g/mol. The molecule has 0 radical (unpaired) electrons. The lowest BCUT2D eigenvalue weighted by Crippen LogP contribution is -2.39. The van der Waals surface area contributed by atoms with Crippen molar-refractivity contribution in [1.29, 1.82) is 0 Å². The molecule has 3 amide bonds.